The number of carboxylic acid groups (broad SMARTS) is 1. The number of hydrogen-bond donors (Lipinski definition) is 1. The maximum atomic E-state index is 10.9. The van der Waals surface area contributed by atoms with Crippen molar-refractivity contribution in [1.82, 2.24) is 9.38 Å². The lowest BCUT2D eigenvalue weighted by Crippen LogP contribution is -2.13. The molecule has 0 aromatic carbocycles. The number of aromatic nitrogens is 2. The molecule has 0 amide bonds. The largest absolute Gasteiger partial charge is 0.478 e. The van der Waals surface area contributed by atoms with Crippen LogP contribution < -0.4 is 0 Å². The fourth-order valence-electron chi connectivity index (χ4n) is 2.01. The lowest BCUT2D eigenvalue weighted by atomic mass is 9.91. The first-order valence-electron chi connectivity index (χ1n) is 5.53. The van der Waals surface area contributed by atoms with Gasteiger partial charge in [0.1, 0.15) is 5.65 Å². The van der Waals surface area contributed by atoms with Gasteiger partial charge in [0.15, 0.2) is 0 Å². The molecule has 0 aliphatic carbocycles. The second kappa shape index (κ2) is 3.58. The molecule has 0 aliphatic heterocycles. The number of hydrogen-bond acceptors (Lipinski definition) is 2. The second-order valence-corrected chi connectivity index (χ2v) is 5.24. The lowest BCUT2D eigenvalue weighted by molar-refractivity contribution is 0.0697. The number of aromatic carboxylic acids is 1. The van der Waals surface area contributed by atoms with Gasteiger partial charge in [-0.05, 0) is 19.1 Å². The van der Waals surface area contributed by atoms with E-state index in [0.717, 1.165) is 11.4 Å². The summed E-state index contributed by atoms with van der Waals surface area (Å²) in [7, 11) is 0. The van der Waals surface area contributed by atoms with E-state index < -0.39 is 5.97 Å². The van der Waals surface area contributed by atoms with Gasteiger partial charge in [-0.2, -0.15) is 0 Å². The summed E-state index contributed by atoms with van der Waals surface area (Å²) in [6.07, 6.45) is 1.76. The lowest BCUT2D eigenvalue weighted by Gasteiger charge is -2.16. The molecule has 1 N–H and O–H groups in total. The molecule has 4 heteroatoms. The zero-order valence-electron chi connectivity index (χ0n) is 10.5. The van der Waals surface area contributed by atoms with Crippen LogP contribution in [0.15, 0.2) is 18.3 Å². The van der Waals surface area contributed by atoms with Gasteiger partial charge in [-0.15, -0.1) is 0 Å². The van der Waals surface area contributed by atoms with Gasteiger partial charge in [0.05, 0.1) is 11.3 Å². The highest BCUT2D eigenvalue weighted by Crippen LogP contribution is 2.25. The predicted octanol–water partition coefficient (Wildman–Crippen LogP) is 2.64. The van der Waals surface area contributed by atoms with E-state index in [1.807, 2.05) is 11.3 Å². The summed E-state index contributed by atoms with van der Waals surface area (Å²) in [6.45, 7) is 8.29. The van der Waals surface area contributed by atoms with Crippen LogP contribution in [0.4, 0.5) is 0 Å². The smallest absolute Gasteiger partial charge is 0.335 e. The monoisotopic (exact) mass is 232 g/mol. The molecule has 0 spiro atoms. The number of nitrogens with zero attached hydrogens (tertiary/aromatic N) is 2. The van der Waals surface area contributed by atoms with Gasteiger partial charge in [-0.1, -0.05) is 20.8 Å². The maximum Gasteiger partial charge on any atom is 0.335 e. The molecule has 2 heterocycles. The molecule has 2 aromatic heterocycles. The number of rotatable bonds is 1. The van der Waals surface area contributed by atoms with Crippen molar-refractivity contribution in [2.45, 2.75) is 33.1 Å². The molecule has 90 valence electrons. The van der Waals surface area contributed by atoms with Gasteiger partial charge in [0, 0.05) is 17.3 Å². The predicted molar refractivity (Wildman–Crippen MR) is 65.6 cm³/mol. The van der Waals surface area contributed by atoms with Gasteiger partial charge >= 0.3 is 5.97 Å². The Bertz CT molecular complexity index is 591. The minimum absolute atomic E-state index is 0.0422. The van der Waals surface area contributed by atoms with Crippen molar-refractivity contribution in [3.63, 3.8) is 0 Å². The Labute approximate surface area is 99.9 Å². The molecule has 0 unspecified atom stereocenters. The first kappa shape index (κ1) is 11.6. The Morgan fingerprint density at radius 1 is 1.41 bits per heavy atom. The summed E-state index contributed by atoms with van der Waals surface area (Å²) in [5.74, 6) is -0.925. The molecule has 2 rings (SSSR count). The molecule has 0 aliphatic rings. The van der Waals surface area contributed by atoms with E-state index in [0.29, 0.717) is 5.65 Å². The summed E-state index contributed by atoms with van der Waals surface area (Å²) in [4.78, 5) is 15.4. The molecule has 0 bridgehead atoms. The number of imidazole rings is 1. The van der Waals surface area contributed by atoms with Gasteiger partial charge in [-0.3, -0.25) is 0 Å². The van der Waals surface area contributed by atoms with Crippen molar-refractivity contribution < 1.29 is 9.90 Å². The van der Waals surface area contributed by atoms with Crippen LogP contribution in [-0.2, 0) is 5.41 Å². The molecule has 0 radical (unpaired) electrons. The van der Waals surface area contributed by atoms with Crippen molar-refractivity contribution in [3.05, 3.63) is 35.3 Å². The highest BCUT2D eigenvalue weighted by molar-refractivity contribution is 5.88. The summed E-state index contributed by atoms with van der Waals surface area (Å²) < 4.78 is 1.92. The Kier molecular flexibility index (Phi) is 2.45. The van der Waals surface area contributed by atoms with E-state index >= 15 is 0 Å². The van der Waals surface area contributed by atoms with Crippen LogP contribution in [0.25, 0.3) is 5.65 Å². The molecule has 17 heavy (non-hydrogen) atoms. The van der Waals surface area contributed by atoms with Crippen molar-refractivity contribution in [1.29, 1.82) is 0 Å². The Balaban J connectivity index is 2.70. The highest BCUT2D eigenvalue weighted by atomic mass is 16.4. The molecule has 0 saturated heterocycles. The molecule has 2 aromatic rings. The second-order valence-electron chi connectivity index (χ2n) is 5.24. The van der Waals surface area contributed by atoms with E-state index in [1.165, 1.54) is 0 Å². The molecular weight excluding hydrogens is 216 g/mol. The number of aryl methyl sites for hydroxylation is 1. The average molecular weight is 232 g/mol. The Hall–Kier alpha value is -1.84. The van der Waals surface area contributed by atoms with Crippen LogP contribution in [0, 0.1) is 6.92 Å². The summed E-state index contributed by atoms with van der Waals surface area (Å²) in [5, 5.41) is 8.94. The molecule has 4 nitrogen and oxygen atoms in total. The van der Waals surface area contributed by atoms with Crippen molar-refractivity contribution in [3.8, 4) is 0 Å². The van der Waals surface area contributed by atoms with Crippen molar-refractivity contribution in [2.24, 2.45) is 0 Å². The van der Waals surface area contributed by atoms with E-state index in [-0.39, 0.29) is 11.0 Å². The van der Waals surface area contributed by atoms with Crippen LogP contribution in [0.5, 0.6) is 0 Å². The topological polar surface area (TPSA) is 54.6 Å². The van der Waals surface area contributed by atoms with Crippen LogP contribution >= 0.6 is 0 Å². The van der Waals surface area contributed by atoms with E-state index in [2.05, 4.69) is 25.8 Å². The molecule has 0 saturated carbocycles. The zero-order valence-corrected chi connectivity index (χ0v) is 10.5. The molecule has 0 fully saturated rings. The van der Waals surface area contributed by atoms with Crippen LogP contribution in [0.3, 0.4) is 0 Å². The van der Waals surface area contributed by atoms with Crippen LogP contribution in [0.2, 0.25) is 0 Å². The molecule has 0 atom stereocenters. The number of carbonyl (C=O) groups is 1. The summed E-state index contributed by atoms with van der Waals surface area (Å²) >= 11 is 0. The van der Waals surface area contributed by atoms with Gasteiger partial charge < -0.3 is 9.51 Å². The van der Waals surface area contributed by atoms with Gasteiger partial charge in [-0.25, -0.2) is 9.78 Å². The van der Waals surface area contributed by atoms with Crippen molar-refractivity contribution >= 4 is 11.6 Å². The highest BCUT2D eigenvalue weighted by Gasteiger charge is 2.21. The fourth-order valence-corrected chi connectivity index (χ4v) is 2.01. The van der Waals surface area contributed by atoms with E-state index in [1.54, 1.807) is 18.3 Å². The summed E-state index contributed by atoms with van der Waals surface area (Å²) in [5.41, 5.74) is 2.97. The van der Waals surface area contributed by atoms with Gasteiger partial charge in [0.25, 0.3) is 0 Å². The summed E-state index contributed by atoms with van der Waals surface area (Å²) in [6, 6.07) is 3.20. The molecular formula is C13H16N2O2. The third kappa shape index (κ3) is 1.90. The van der Waals surface area contributed by atoms with Crippen molar-refractivity contribution in [2.75, 3.05) is 0 Å². The SMILES string of the molecule is Cc1c(C(C)(C)C)nc2cc(C(=O)O)ccn12. The maximum absolute atomic E-state index is 10.9. The fraction of sp³-hybridized carbons (Fsp3) is 0.385. The number of carboxylic acids is 1. The minimum Gasteiger partial charge on any atom is -0.478 e. The van der Waals surface area contributed by atoms with Crippen LogP contribution in [0.1, 0.15) is 42.5 Å². The first-order valence-corrected chi connectivity index (χ1v) is 5.53. The van der Waals surface area contributed by atoms with Gasteiger partial charge in [0.2, 0.25) is 0 Å². The zero-order chi connectivity index (χ0) is 12.8. The Morgan fingerprint density at radius 2 is 2.06 bits per heavy atom. The van der Waals surface area contributed by atoms with E-state index in [4.69, 9.17) is 5.11 Å². The van der Waals surface area contributed by atoms with Crippen LogP contribution in [-0.4, -0.2) is 20.5 Å². The standard InChI is InChI=1S/C13H16N2O2/c1-8-11(13(2,3)4)14-10-7-9(12(16)17)5-6-15(8)10/h5-7H,1-4H3,(H,16,17). The first-order chi connectivity index (χ1) is 7.80. The third-order valence-electron chi connectivity index (χ3n) is 2.82. The Morgan fingerprint density at radius 3 is 2.59 bits per heavy atom. The quantitative estimate of drug-likeness (QED) is 0.822. The minimum atomic E-state index is -0.925. The third-order valence-corrected chi connectivity index (χ3v) is 2.82. The number of fused-ring (bicyclic) bond motifs is 1. The average Bonchev–Trinajstić information content (AvgIpc) is 2.55. The van der Waals surface area contributed by atoms with E-state index in [9.17, 15) is 4.79 Å². The number of pyridine rings is 1. The normalized spacial score (nSPS) is 12.0.